The van der Waals surface area contributed by atoms with Gasteiger partial charge in [-0.1, -0.05) is 18.2 Å². The van der Waals surface area contributed by atoms with Crippen molar-refractivity contribution in [2.24, 2.45) is 5.92 Å². The van der Waals surface area contributed by atoms with Crippen molar-refractivity contribution >= 4 is 5.65 Å². The molecule has 142 valence electrons. The van der Waals surface area contributed by atoms with Gasteiger partial charge in [-0.25, -0.2) is 13.9 Å². The van der Waals surface area contributed by atoms with Crippen molar-refractivity contribution in [3.8, 4) is 0 Å². The van der Waals surface area contributed by atoms with Gasteiger partial charge in [0.1, 0.15) is 5.82 Å². The lowest BCUT2D eigenvalue weighted by Gasteiger charge is -2.32. The van der Waals surface area contributed by atoms with Crippen LogP contribution in [0, 0.1) is 18.7 Å². The lowest BCUT2D eigenvalue weighted by atomic mass is 9.91. The molecule has 6 heteroatoms. The minimum absolute atomic E-state index is 0.0730. The van der Waals surface area contributed by atoms with Gasteiger partial charge in [-0.15, -0.1) is 0 Å². The molecule has 5 nitrogen and oxygen atoms in total. The molecule has 0 saturated carbocycles. The zero-order valence-corrected chi connectivity index (χ0v) is 15.6. The highest BCUT2D eigenvalue weighted by molar-refractivity contribution is 5.39. The zero-order valence-electron chi connectivity index (χ0n) is 15.6. The van der Waals surface area contributed by atoms with Crippen LogP contribution in [-0.2, 0) is 13.0 Å². The Morgan fingerprint density at radius 2 is 2.15 bits per heavy atom. The van der Waals surface area contributed by atoms with E-state index in [4.69, 9.17) is 0 Å². The van der Waals surface area contributed by atoms with Crippen molar-refractivity contribution in [1.29, 1.82) is 0 Å². The van der Waals surface area contributed by atoms with Gasteiger partial charge in [-0.3, -0.25) is 14.8 Å². The number of hydrogen-bond acceptors (Lipinski definition) is 3. The summed E-state index contributed by atoms with van der Waals surface area (Å²) in [6, 6.07) is 10.5. The number of nitrogens with zero attached hydrogens (tertiary/aromatic N) is 3. The first-order valence-electron chi connectivity index (χ1n) is 9.62. The van der Waals surface area contributed by atoms with Gasteiger partial charge >= 0.3 is 0 Å². The van der Waals surface area contributed by atoms with Gasteiger partial charge in [-0.2, -0.15) is 0 Å². The molecule has 4 rings (SSSR count). The summed E-state index contributed by atoms with van der Waals surface area (Å²) in [7, 11) is 0. The van der Waals surface area contributed by atoms with E-state index in [9.17, 15) is 9.18 Å². The predicted octanol–water partition coefficient (Wildman–Crippen LogP) is 3.31. The molecule has 0 spiro atoms. The van der Waals surface area contributed by atoms with Crippen LogP contribution in [0.1, 0.15) is 36.2 Å². The standard InChI is InChI=1S/C21H25FN4O/c1-15-11-20-23-18(12-21(27)26(20)24-15)14-25-10-4-5-16(13-25)8-9-17-6-2-3-7-19(17)22/h2-3,6-7,11-12,16,24H,4-5,8-10,13-14H2,1H3/t16-/m1/s1. The van der Waals surface area contributed by atoms with Crippen LogP contribution in [0.4, 0.5) is 4.39 Å². The maximum atomic E-state index is 13.8. The molecule has 0 amide bonds. The van der Waals surface area contributed by atoms with Crippen molar-refractivity contribution in [2.75, 3.05) is 13.1 Å². The first-order chi connectivity index (χ1) is 13.1. The maximum Gasteiger partial charge on any atom is 0.272 e. The first-order valence-corrected chi connectivity index (χ1v) is 9.62. The lowest BCUT2D eigenvalue weighted by Crippen LogP contribution is -2.35. The largest absolute Gasteiger partial charge is 0.297 e. The number of aromatic amines is 1. The molecule has 1 aliphatic heterocycles. The lowest BCUT2D eigenvalue weighted by molar-refractivity contribution is 0.160. The molecule has 27 heavy (non-hydrogen) atoms. The van der Waals surface area contributed by atoms with Crippen molar-refractivity contribution in [1.82, 2.24) is 19.5 Å². The quantitative estimate of drug-likeness (QED) is 0.752. The molecular formula is C21H25FN4O. The summed E-state index contributed by atoms with van der Waals surface area (Å²) in [5.41, 5.74) is 3.13. The molecular weight excluding hydrogens is 343 g/mol. The SMILES string of the molecule is Cc1cc2nc(CN3CCC[C@H](CCc4ccccc4F)C3)cc(=O)n2[nH]1. The van der Waals surface area contributed by atoms with E-state index in [0.717, 1.165) is 49.3 Å². The summed E-state index contributed by atoms with van der Waals surface area (Å²) in [5, 5.41) is 3.00. The van der Waals surface area contributed by atoms with Crippen LogP contribution in [0.3, 0.4) is 0 Å². The third-order valence-corrected chi connectivity index (χ3v) is 5.40. The summed E-state index contributed by atoms with van der Waals surface area (Å²) in [4.78, 5) is 19.2. The number of rotatable bonds is 5. The second kappa shape index (κ2) is 7.64. The van der Waals surface area contributed by atoms with Crippen molar-refractivity contribution in [3.05, 3.63) is 69.5 Å². The van der Waals surface area contributed by atoms with E-state index in [1.54, 1.807) is 12.1 Å². The van der Waals surface area contributed by atoms with E-state index in [1.807, 2.05) is 25.1 Å². The fraction of sp³-hybridized carbons (Fsp3) is 0.429. The number of aryl methyl sites for hydroxylation is 2. The molecule has 1 N–H and O–H groups in total. The van der Waals surface area contributed by atoms with Crippen LogP contribution < -0.4 is 5.56 Å². The summed E-state index contributed by atoms with van der Waals surface area (Å²) < 4.78 is 15.3. The average molecular weight is 368 g/mol. The number of benzene rings is 1. The molecule has 0 bridgehead atoms. The van der Waals surface area contributed by atoms with Gasteiger partial charge in [-0.05, 0) is 56.7 Å². The van der Waals surface area contributed by atoms with E-state index in [0.29, 0.717) is 18.1 Å². The van der Waals surface area contributed by atoms with Crippen LogP contribution in [0.2, 0.25) is 0 Å². The molecule has 0 unspecified atom stereocenters. The van der Waals surface area contributed by atoms with E-state index in [2.05, 4.69) is 15.0 Å². The van der Waals surface area contributed by atoms with E-state index in [-0.39, 0.29) is 11.4 Å². The van der Waals surface area contributed by atoms with Crippen molar-refractivity contribution in [2.45, 2.75) is 39.2 Å². The van der Waals surface area contributed by atoms with Gasteiger partial charge in [0.25, 0.3) is 5.56 Å². The third kappa shape index (κ3) is 4.11. The summed E-state index contributed by atoms with van der Waals surface area (Å²) in [6.07, 6.45) is 4.08. The molecule has 0 aliphatic carbocycles. The van der Waals surface area contributed by atoms with Crippen LogP contribution in [0.5, 0.6) is 0 Å². The fourth-order valence-electron chi connectivity index (χ4n) is 4.06. The molecule has 2 aromatic heterocycles. The van der Waals surface area contributed by atoms with Crippen LogP contribution >= 0.6 is 0 Å². The van der Waals surface area contributed by atoms with Gasteiger partial charge in [0.2, 0.25) is 0 Å². The second-order valence-corrected chi connectivity index (χ2v) is 7.59. The highest BCUT2D eigenvalue weighted by Crippen LogP contribution is 2.23. The second-order valence-electron chi connectivity index (χ2n) is 7.59. The van der Waals surface area contributed by atoms with E-state index < -0.39 is 0 Å². The molecule has 1 saturated heterocycles. The smallest absolute Gasteiger partial charge is 0.272 e. The number of nitrogens with one attached hydrogen (secondary N) is 1. The minimum Gasteiger partial charge on any atom is -0.297 e. The van der Waals surface area contributed by atoms with E-state index >= 15 is 0 Å². The van der Waals surface area contributed by atoms with Crippen LogP contribution in [0.15, 0.2) is 41.2 Å². The molecule has 1 fully saturated rings. The topological polar surface area (TPSA) is 53.4 Å². The Kier molecular flexibility index (Phi) is 5.07. The number of likely N-dealkylation sites (tertiary alicyclic amines) is 1. The third-order valence-electron chi connectivity index (χ3n) is 5.40. The normalized spacial score (nSPS) is 18.2. The fourth-order valence-corrected chi connectivity index (χ4v) is 4.06. The Labute approximate surface area is 157 Å². The number of H-pyrrole nitrogens is 1. The summed E-state index contributed by atoms with van der Waals surface area (Å²) in [5.74, 6) is 0.447. The zero-order chi connectivity index (χ0) is 18.8. The monoisotopic (exact) mass is 368 g/mol. The minimum atomic E-state index is -0.107. The number of fused-ring (bicyclic) bond motifs is 1. The maximum absolute atomic E-state index is 13.8. The highest BCUT2D eigenvalue weighted by atomic mass is 19.1. The van der Waals surface area contributed by atoms with E-state index in [1.165, 1.54) is 17.0 Å². The number of piperidine rings is 1. The van der Waals surface area contributed by atoms with Crippen LogP contribution in [0.25, 0.3) is 5.65 Å². The van der Waals surface area contributed by atoms with Gasteiger partial charge in [0.15, 0.2) is 5.65 Å². The molecule has 3 aromatic rings. The highest BCUT2D eigenvalue weighted by Gasteiger charge is 2.21. The molecule has 3 heterocycles. The molecule has 0 radical (unpaired) electrons. The number of hydrogen-bond donors (Lipinski definition) is 1. The van der Waals surface area contributed by atoms with Crippen LogP contribution in [-0.4, -0.2) is 32.6 Å². The first kappa shape index (κ1) is 17.9. The predicted molar refractivity (Wildman–Crippen MR) is 103 cm³/mol. The number of aromatic nitrogens is 3. The molecule has 1 aromatic carbocycles. The molecule has 1 atom stereocenters. The van der Waals surface area contributed by atoms with Gasteiger partial charge in [0, 0.05) is 30.9 Å². The van der Waals surface area contributed by atoms with Crippen molar-refractivity contribution in [3.63, 3.8) is 0 Å². The Morgan fingerprint density at radius 3 is 3.00 bits per heavy atom. The van der Waals surface area contributed by atoms with Gasteiger partial charge < -0.3 is 0 Å². The Bertz CT molecular complexity index is 993. The van der Waals surface area contributed by atoms with Gasteiger partial charge in [0.05, 0.1) is 5.69 Å². The Balaban J connectivity index is 1.40. The average Bonchev–Trinajstić information content (AvgIpc) is 3.02. The Morgan fingerprint density at radius 1 is 1.30 bits per heavy atom. The van der Waals surface area contributed by atoms with Crippen molar-refractivity contribution < 1.29 is 4.39 Å². The summed E-state index contributed by atoms with van der Waals surface area (Å²) in [6.45, 7) is 4.59. The summed E-state index contributed by atoms with van der Waals surface area (Å²) >= 11 is 0. The number of halogens is 1. The molecule has 1 aliphatic rings. The Hall–Kier alpha value is -2.47.